The van der Waals surface area contributed by atoms with Crippen LogP contribution in [0.25, 0.3) is 0 Å². The molecule has 1 saturated heterocycles. The monoisotopic (exact) mass is 434 g/mol. The first kappa shape index (κ1) is 20.5. The van der Waals surface area contributed by atoms with Crippen LogP contribution < -0.4 is 0 Å². The van der Waals surface area contributed by atoms with Crippen molar-refractivity contribution in [2.45, 2.75) is 41.4 Å². The number of rotatable bonds is 6. The third kappa shape index (κ3) is 3.74. The van der Waals surface area contributed by atoms with Crippen LogP contribution >= 0.6 is 0 Å². The van der Waals surface area contributed by atoms with Crippen LogP contribution in [-0.4, -0.2) is 52.2 Å². The van der Waals surface area contributed by atoms with Crippen LogP contribution in [0.15, 0.2) is 58.3 Å². The van der Waals surface area contributed by atoms with Crippen LogP contribution in [0.1, 0.15) is 36.1 Å². The molecule has 1 unspecified atom stereocenters. The Balaban J connectivity index is 1.79. The maximum absolute atomic E-state index is 13.4. The smallest absolute Gasteiger partial charge is 0.186 e. The standard InChI is InChI=1S/C21H26N2O4S2/c1-2-22(23-13-6-7-14-23)15-17-9-8-12-19-21(17)20(16-28(19,24)25)29(26,27)18-10-4-3-5-11-18/h3-5,8-12,20H,2,6-7,13-16H2,1H3. The van der Waals surface area contributed by atoms with Gasteiger partial charge in [0.25, 0.3) is 0 Å². The number of benzene rings is 2. The highest BCUT2D eigenvalue weighted by molar-refractivity contribution is 7.96. The van der Waals surface area contributed by atoms with Crippen molar-refractivity contribution >= 4 is 19.7 Å². The van der Waals surface area contributed by atoms with Crippen LogP contribution in [0.3, 0.4) is 0 Å². The van der Waals surface area contributed by atoms with E-state index in [9.17, 15) is 16.8 Å². The van der Waals surface area contributed by atoms with E-state index in [2.05, 4.69) is 16.9 Å². The summed E-state index contributed by atoms with van der Waals surface area (Å²) < 4.78 is 52.4. The Bertz CT molecular complexity index is 1090. The molecule has 29 heavy (non-hydrogen) atoms. The third-order valence-corrected chi connectivity index (χ3v) is 9.92. The van der Waals surface area contributed by atoms with Crippen molar-refractivity contribution in [2.24, 2.45) is 0 Å². The van der Waals surface area contributed by atoms with Crippen LogP contribution in [0.2, 0.25) is 0 Å². The summed E-state index contributed by atoms with van der Waals surface area (Å²) in [6.07, 6.45) is 2.28. The average molecular weight is 435 g/mol. The average Bonchev–Trinajstić information content (AvgIpc) is 3.34. The van der Waals surface area contributed by atoms with Gasteiger partial charge in [0.15, 0.2) is 19.7 Å². The summed E-state index contributed by atoms with van der Waals surface area (Å²) in [5.41, 5.74) is 1.23. The van der Waals surface area contributed by atoms with Gasteiger partial charge >= 0.3 is 0 Å². The number of hydrazine groups is 1. The maximum Gasteiger partial charge on any atom is 0.186 e. The Labute approximate surface area is 173 Å². The minimum Gasteiger partial charge on any atom is -0.241 e. The molecule has 0 aromatic heterocycles. The molecule has 2 heterocycles. The van der Waals surface area contributed by atoms with Gasteiger partial charge in [-0.15, -0.1) is 0 Å². The van der Waals surface area contributed by atoms with Gasteiger partial charge in [-0.05, 0) is 42.2 Å². The maximum atomic E-state index is 13.4. The first-order valence-corrected chi connectivity index (χ1v) is 13.2. The number of sulfone groups is 2. The molecule has 2 aromatic rings. The topological polar surface area (TPSA) is 74.8 Å². The van der Waals surface area contributed by atoms with Crippen LogP contribution in [0.5, 0.6) is 0 Å². The van der Waals surface area contributed by atoms with Crippen molar-refractivity contribution in [2.75, 3.05) is 25.4 Å². The van der Waals surface area contributed by atoms with Crippen LogP contribution in [0, 0.1) is 0 Å². The third-order valence-electron chi connectivity index (χ3n) is 5.83. The second-order valence-electron chi connectivity index (χ2n) is 7.60. The molecule has 6 nitrogen and oxygen atoms in total. The molecule has 0 spiro atoms. The highest BCUT2D eigenvalue weighted by atomic mass is 32.2. The summed E-state index contributed by atoms with van der Waals surface area (Å²) in [6, 6.07) is 13.3. The second kappa shape index (κ2) is 7.83. The molecule has 2 aromatic carbocycles. The lowest BCUT2D eigenvalue weighted by atomic mass is 10.0. The normalized spacial score (nSPS) is 21.5. The van der Waals surface area contributed by atoms with Crippen LogP contribution in [0.4, 0.5) is 0 Å². The highest BCUT2D eigenvalue weighted by Gasteiger charge is 2.44. The van der Waals surface area contributed by atoms with E-state index in [1.165, 1.54) is 12.1 Å². The van der Waals surface area contributed by atoms with Crippen molar-refractivity contribution < 1.29 is 16.8 Å². The summed E-state index contributed by atoms with van der Waals surface area (Å²) in [6.45, 7) is 5.32. The molecule has 1 atom stereocenters. The zero-order chi connectivity index (χ0) is 20.6. The quantitative estimate of drug-likeness (QED) is 0.696. The minimum atomic E-state index is -3.82. The SMILES string of the molecule is CCN(Cc1cccc2c1C(S(=O)(=O)c1ccccc1)CS2(=O)=O)N1CCCC1. The Morgan fingerprint density at radius 1 is 1.03 bits per heavy atom. The highest BCUT2D eigenvalue weighted by Crippen LogP contribution is 2.43. The van der Waals surface area contributed by atoms with Crippen molar-refractivity contribution in [3.8, 4) is 0 Å². The largest absolute Gasteiger partial charge is 0.241 e. The molecule has 0 amide bonds. The van der Waals surface area contributed by atoms with Crippen molar-refractivity contribution in [1.29, 1.82) is 0 Å². The molecule has 4 rings (SSSR count). The fourth-order valence-corrected chi connectivity index (χ4v) is 8.77. The minimum absolute atomic E-state index is 0.162. The predicted molar refractivity (Wildman–Crippen MR) is 112 cm³/mol. The predicted octanol–water partition coefficient (Wildman–Crippen LogP) is 2.82. The molecule has 2 aliphatic rings. The molecule has 0 N–H and O–H groups in total. The van der Waals surface area contributed by atoms with Crippen LogP contribution in [-0.2, 0) is 26.2 Å². The molecule has 156 valence electrons. The number of hydrogen-bond acceptors (Lipinski definition) is 6. The molecule has 1 fully saturated rings. The zero-order valence-electron chi connectivity index (χ0n) is 16.5. The molecule has 0 aliphatic carbocycles. The van der Waals surface area contributed by atoms with Gasteiger partial charge in [-0.2, -0.15) is 0 Å². The summed E-state index contributed by atoms with van der Waals surface area (Å²) in [4.78, 5) is 0.326. The number of hydrogen-bond donors (Lipinski definition) is 0. The van der Waals surface area contributed by atoms with Gasteiger partial charge in [0.1, 0.15) is 5.25 Å². The fraction of sp³-hybridized carbons (Fsp3) is 0.429. The Morgan fingerprint density at radius 2 is 1.72 bits per heavy atom. The lowest BCUT2D eigenvalue weighted by molar-refractivity contribution is -0.00669. The van der Waals surface area contributed by atoms with Gasteiger partial charge in [0, 0.05) is 26.2 Å². The van der Waals surface area contributed by atoms with E-state index in [0.717, 1.165) is 38.0 Å². The van der Waals surface area contributed by atoms with E-state index >= 15 is 0 Å². The molecule has 0 radical (unpaired) electrons. The summed E-state index contributed by atoms with van der Waals surface area (Å²) >= 11 is 0. The molecule has 2 aliphatic heterocycles. The van der Waals surface area contributed by atoms with Crippen molar-refractivity contribution in [3.63, 3.8) is 0 Å². The molecular formula is C21H26N2O4S2. The van der Waals surface area contributed by atoms with Crippen molar-refractivity contribution in [1.82, 2.24) is 10.0 Å². The lowest BCUT2D eigenvalue weighted by Gasteiger charge is -2.31. The van der Waals surface area contributed by atoms with Gasteiger partial charge < -0.3 is 0 Å². The number of nitrogens with zero attached hydrogens (tertiary/aromatic N) is 2. The van der Waals surface area contributed by atoms with E-state index in [1.807, 2.05) is 6.07 Å². The summed E-state index contributed by atoms with van der Waals surface area (Å²) in [7, 11) is -7.46. The molecule has 0 saturated carbocycles. The fourth-order valence-electron chi connectivity index (χ4n) is 4.35. The second-order valence-corrected chi connectivity index (χ2v) is 11.7. The van der Waals surface area contributed by atoms with Gasteiger partial charge in [-0.25, -0.2) is 26.9 Å². The summed E-state index contributed by atoms with van der Waals surface area (Å²) in [5.74, 6) is -0.396. The summed E-state index contributed by atoms with van der Waals surface area (Å²) in [5, 5.41) is 3.40. The van der Waals surface area contributed by atoms with E-state index in [0.29, 0.717) is 12.1 Å². The van der Waals surface area contributed by atoms with Gasteiger partial charge in [0.2, 0.25) is 0 Å². The van der Waals surface area contributed by atoms with Crippen molar-refractivity contribution in [3.05, 3.63) is 59.7 Å². The van der Waals surface area contributed by atoms with E-state index in [4.69, 9.17) is 0 Å². The van der Waals surface area contributed by atoms with E-state index in [1.54, 1.807) is 30.3 Å². The molecular weight excluding hydrogens is 408 g/mol. The Morgan fingerprint density at radius 3 is 2.38 bits per heavy atom. The number of fused-ring (bicyclic) bond motifs is 1. The Hall–Kier alpha value is -1.74. The Kier molecular flexibility index (Phi) is 5.54. The molecule has 0 bridgehead atoms. The molecule has 8 heteroatoms. The zero-order valence-corrected chi connectivity index (χ0v) is 18.1. The first-order valence-electron chi connectivity index (χ1n) is 9.98. The van der Waals surface area contributed by atoms with Gasteiger partial charge in [-0.3, -0.25) is 0 Å². The first-order chi connectivity index (χ1) is 13.8. The van der Waals surface area contributed by atoms with E-state index in [-0.39, 0.29) is 9.79 Å². The lowest BCUT2D eigenvalue weighted by Crippen LogP contribution is -2.40. The van der Waals surface area contributed by atoms with E-state index < -0.39 is 30.7 Å². The van der Waals surface area contributed by atoms with Gasteiger partial charge in [-0.1, -0.05) is 37.3 Å². The van der Waals surface area contributed by atoms with Gasteiger partial charge in [0.05, 0.1) is 15.5 Å².